The minimum absolute atomic E-state index is 0.205. The molecule has 0 radical (unpaired) electrons. The highest BCUT2D eigenvalue weighted by Crippen LogP contribution is 2.05. The van der Waals surface area contributed by atoms with Crippen LogP contribution in [0.2, 0.25) is 0 Å². The quantitative estimate of drug-likeness (QED) is 0.620. The van der Waals surface area contributed by atoms with Crippen molar-refractivity contribution in [3.8, 4) is 0 Å². The molecule has 0 unspecified atom stereocenters. The second-order valence-electron chi connectivity index (χ2n) is 2.46. The summed E-state index contributed by atoms with van der Waals surface area (Å²) in [6.45, 7) is 1.78. The van der Waals surface area contributed by atoms with E-state index < -0.39 is 5.97 Å². The van der Waals surface area contributed by atoms with Gasteiger partial charge in [-0.3, -0.25) is 0 Å². The van der Waals surface area contributed by atoms with E-state index in [1.165, 1.54) is 13.3 Å². The van der Waals surface area contributed by atoms with Gasteiger partial charge in [-0.05, 0) is 6.92 Å². The molecule has 0 aliphatic heterocycles. The van der Waals surface area contributed by atoms with Gasteiger partial charge in [0, 0.05) is 0 Å². The molecule has 1 aromatic rings. The van der Waals surface area contributed by atoms with E-state index in [-0.39, 0.29) is 6.04 Å². The lowest BCUT2D eigenvalue weighted by Gasteiger charge is -1.97. The van der Waals surface area contributed by atoms with Crippen molar-refractivity contribution in [3.05, 3.63) is 17.7 Å². The Bertz CT molecular complexity index is 280. The molecular formula is C7H11N3O2. The predicted octanol–water partition coefficient (Wildman–Crippen LogP) is 0.216. The van der Waals surface area contributed by atoms with Crippen molar-refractivity contribution in [3.63, 3.8) is 0 Å². The normalized spacial score (nSPS) is 12.6. The molecule has 0 bridgehead atoms. The molecule has 0 fully saturated rings. The fourth-order valence-electron chi connectivity index (χ4n) is 0.782. The molecule has 0 saturated carbocycles. The van der Waals surface area contributed by atoms with Crippen LogP contribution in [-0.2, 0) is 4.74 Å². The average Bonchev–Trinajstić information content (AvgIpc) is 2.51. The third-order valence-electron chi connectivity index (χ3n) is 1.43. The van der Waals surface area contributed by atoms with Gasteiger partial charge in [0.05, 0.1) is 19.3 Å². The first kappa shape index (κ1) is 8.73. The Morgan fingerprint density at radius 3 is 2.92 bits per heavy atom. The van der Waals surface area contributed by atoms with Crippen LogP contribution in [-0.4, -0.2) is 23.0 Å². The first-order chi connectivity index (χ1) is 5.65. The van der Waals surface area contributed by atoms with E-state index >= 15 is 0 Å². The maximum Gasteiger partial charge on any atom is 0.356 e. The number of nitrogens with one attached hydrogen (secondary N) is 1. The van der Waals surface area contributed by atoms with Crippen LogP contribution in [0, 0.1) is 0 Å². The maximum atomic E-state index is 10.9. The number of ether oxygens (including phenoxy) is 1. The Kier molecular flexibility index (Phi) is 2.44. The number of aromatic amines is 1. The molecule has 12 heavy (non-hydrogen) atoms. The van der Waals surface area contributed by atoms with Crippen LogP contribution in [0.4, 0.5) is 0 Å². The predicted molar refractivity (Wildman–Crippen MR) is 42.5 cm³/mol. The van der Waals surface area contributed by atoms with Crippen molar-refractivity contribution >= 4 is 5.97 Å². The summed E-state index contributed by atoms with van der Waals surface area (Å²) >= 11 is 0. The van der Waals surface area contributed by atoms with Crippen molar-refractivity contribution in [1.82, 2.24) is 9.97 Å². The molecule has 1 atom stereocenters. The molecule has 0 amide bonds. The van der Waals surface area contributed by atoms with Gasteiger partial charge in [-0.1, -0.05) is 0 Å². The third kappa shape index (κ3) is 1.62. The Morgan fingerprint density at radius 2 is 2.50 bits per heavy atom. The van der Waals surface area contributed by atoms with Crippen molar-refractivity contribution in [2.24, 2.45) is 5.73 Å². The van der Waals surface area contributed by atoms with Crippen LogP contribution >= 0.6 is 0 Å². The summed E-state index contributed by atoms with van der Waals surface area (Å²) in [5, 5.41) is 0. The lowest BCUT2D eigenvalue weighted by atomic mass is 10.3. The number of nitrogens with zero attached hydrogens (tertiary/aromatic N) is 1. The minimum atomic E-state index is -0.436. The number of esters is 1. The summed E-state index contributed by atoms with van der Waals surface area (Å²) in [5.41, 5.74) is 5.85. The topological polar surface area (TPSA) is 81.0 Å². The lowest BCUT2D eigenvalue weighted by molar-refractivity contribution is 0.0594. The van der Waals surface area contributed by atoms with Crippen molar-refractivity contribution in [2.45, 2.75) is 13.0 Å². The van der Waals surface area contributed by atoms with Crippen LogP contribution in [0.15, 0.2) is 6.20 Å². The van der Waals surface area contributed by atoms with Gasteiger partial charge in [-0.2, -0.15) is 0 Å². The van der Waals surface area contributed by atoms with Crippen LogP contribution in [0.1, 0.15) is 29.3 Å². The number of methoxy groups -OCH3 is 1. The summed E-state index contributed by atoms with van der Waals surface area (Å²) in [4.78, 5) is 17.6. The Morgan fingerprint density at radius 1 is 1.83 bits per heavy atom. The highest BCUT2D eigenvalue weighted by atomic mass is 16.5. The molecule has 0 aliphatic rings. The molecule has 5 heteroatoms. The van der Waals surface area contributed by atoms with E-state index in [2.05, 4.69) is 14.7 Å². The molecule has 0 aromatic carbocycles. The number of carbonyl (C=O) groups excluding carboxylic acids is 1. The molecule has 0 spiro atoms. The molecule has 0 saturated heterocycles. The SMILES string of the molecule is COC(=O)c1cnc([C@H](C)N)[nH]1. The van der Waals surface area contributed by atoms with E-state index in [4.69, 9.17) is 5.73 Å². The monoisotopic (exact) mass is 169 g/mol. The van der Waals surface area contributed by atoms with Gasteiger partial charge in [0.2, 0.25) is 0 Å². The highest BCUT2D eigenvalue weighted by molar-refractivity contribution is 5.86. The Hall–Kier alpha value is -1.36. The van der Waals surface area contributed by atoms with Crippen molar-refractivity contribution < 1.29 is 9.53 Å². The summed E-state index contributed by atoms with van der Waals surface area (Å²) in [6.07, 6.45) is 1.41. The smallest absolute Gasteiger partial charge is 0.356 e. The summed E-state index contributed by atoms with van der Waals surface area (Å²) in [6, 6.07) is -0.205. The molecule has 1 aromatic heterocycles. The summed E-state index contributed by atoms with van der Waals surface area (Å²) < 4.78 is 4.48. The van der Waals surface area contributed by atoms with E-state index in [0.717, 1.165) is 0 Å². The third-order valence-corrected chi connectivity index (χ3v) is 1.43. The zero-order valence-electron chi connectivity index (χ0n) is 7.00. The van der Waals surface area contributed by atoms with Gasteiger partial charge < -0.3 is 15.5 Å². The van der Waals surface area contributed by atoms with E-state index in [0.29, 0.717) is 11.5 Å². The molecule has 0 aliphatic carbocycles. The number of aromatic nitrogens is 2. The second-order valence-corrected chi connectivity index (χ2v) is 2.46. The molecule has 1 rings (SSSR count). The molecule has 1 heterocycles. The number of rotatable bonds is 2. The lowest BCUT2D eigenvalue weighted by Crippen LogP contribution is -2.08. The van der Waals surface area contributed by atoms with Crippen molar-refractivity contribution in [1.29, 1.82) is 0 Å². The fraction of sp³-hybridized carbons (Fsp3) is 0.429. The first-order valence-electron chi connectivity index (χ1n) is 3.54. The van der Waals surface area contributed by atoms with Crippen LogP contribution in [0.25, 0.3) is 0 Å². The fourth-order valence-corrected chi connectivity index (χ4v) is 0.782. The number of H-pyrrole nitrogens is 1. The summed E-state index contributed by atoms with van der Waals surface area (Å²) in [5.74, 6) is 0.143. The van der Waals surface area contributed by atoms with Crippen LogP contribution < -0.4 is 5.73 Å². The average molecular weight is 169 g/mol. The number of carbonyl (C=O) groups is 1. The molecule has 66 valence electrons. The van der Waals surface area contributed by atoms with Gasteiger partial charge in [0.15, 0.2) is 0 Å². The standard InChI is InChI=1S/C7H11N3O2/c1-4(8)6-9-3-5(10-6)7(11)12-2/h3-4H,8H2,1-2H3,(H,9,10)/t4-/m0/s1. The van der Waals surface area contributed by atoms with E-state index in [9.17, 15) is 4.79 Å². The molecular weight excluding hydrogens is 158 g/mol. The van der Waals surface area contributed by atoms with Gasteiger partial charge >= 0.3 is 5.97 Å². The van der Waals surface area contributed by atoms with Gasteiger partial charge in [-0.25, -0.2) is 9.78 Å². The van der Waals surface area contributed by atoms with Crippen LogP contribution in [0.5, 0.6) is 0 Å². The summed E-state index contributed by atoms with van der Waals surface area (Å²) in [7, 11) is 1.31. The zero-order valence-corrected chi connectivity index (χ0v) is 7.00. The van der Waals surface area contributed by atoms with Crippen LogP contribution in [0.3, 0.4) is 0 Å². The maximum absolute atomic E-state index is 10.9. The number of hydrogen-bond donors (Lipinski definition) is 2. The molecule has 5 nitrogen and oxygen atoms in total. The first-order valence-corrected chi connectivity index (χ1v) is 3.54. The van der Waals surface area contributed by atoms with Gasteiger partial charge in [0.25, 0.3) is 0 Å². The minimum Gasteiger partial charge on any atom is -0.464 e. The van der Waals surface area contributed by atoms with E-state index in [1.54, 1.807) is 6.92 Å². The highest BCUT2D eigenvalue weighted by Gasteiger charge is 2.10. The Balaban J connectivity index is 2.84. The van der Waals surface area contributed by atoms with E-state index in [1.807, 2.05) is 0 Å². The molecule has 3 N–H and O–H groups in total. The largest absolute Gasteiger partial charge is 0.464 e. The zero-order chi connectivity index (χ0) is 9.14. The number of hydrogen-bond acceptors (Lipinski definition) is 4. The number of imidazole rings is 1. The van der Waals surface area contributed by atoms with Gasteiger partial charge in [-0.15, -0.1) is 0 Å². The second kappa shape index (κ2) is 3.36. The number of nitrogens with two attached hydrogens (primary N) is 1. The van der Waals surface area contributed by atoms with Gasteiger partial charge in [0.1, 0.15) is 11.5 Å². The Labute approximate surface area is 69.9 Å². The van der Waals surface area contributed by atoms with Crippen molar-refractivity contribution in [2.75, 3.05) is 7.11 Å².